The Labute approximate surface area is 401 Å². The van der Waals surface area contributed by atoms with Gasteiger partial charge in [-0.15, -0.1) is 11.8 Å². The van der Waals surface area contributed by atoms with Gasteiger partial charge in [-0.3, -0.25) is 16.3 Å². The molecule has 0 fully saturated rings. The zero-order valence-electron chi connectivity index (χ0n) is 38.9. The first-order valence-corrected chi connectivity index (χ1v) is 20.7. The maximum atomic E-state index is 4.43. The Morgan fingerprint density at radius 2 is 1.15 bits per heavy atom. The van der Waals surface area contributed by atoms with Gasteiger partial charge in [0.05, 0.1) is 0 Å². The van der Waals surface area contributed by atoms with Crippen molar-refractivity contribution in [3.8, 4) is 0 Å². The topological polar surface area (TPSA) is 92.7 Å². The molecule has 0 unspecified atom stereocenters. The van der Waals surface area contributed by atoms with Crippen molar-refractivity contribution in [1.82, 2.24) is 40.2 Å². The van der Waals surface area contributed by atoms with Gasteiger partial charge in [0, 0.05) is 87.4 Å². The standard InChI is InChI=1S/C16H16N2.C14H12N2.2C10H18N3.2Pt/c1-17-13-18(14-9-5-2-3-6-10-14)16-12-8-4-7-11-15(16)17;1-15-11-16(12-7-3-2-4-8-12)14-10-6-5-9-13(14)15;2*1-9(2,3)7-11-8(13-12-7)10(4,5)6;;/h2-3,5,7-9,11-13H,4,10H2,1H3;2-7,9-11H,1H3;2*1-6H3;;/q2*-2;2*-1;;. The Balaban J connectivity index is 0.000000220. The molecule has 2 aliphatic heterocycles. The van der Waals surface area contributed by atoms with E-state index in [0.29, 0.717) is 0 Å². The molecule has 0 radical (unpaired) electrons. The van der Waals surface area contributed by atoms with Crippen molar-refractivity contribution in [3.05, 3.63) is 163 Å². The van der Waals surface area contributed by atoms with Crippen LogP contribution in [0.3, 0.4) is 0 Å². The number of anilines is 3. The largest absolute Gasteiger partial charge is 0.504 e. The second-order valence-electron chi connectivity index (χ2n) is 19.2. The molecule has 0 atom stereocenters. The van der Waals surface area contributed by atoms with Crippen molar-refractivity contribution in [3.63, 3.8) is 0 Å². The summed E-state index contributed by atoms with van der Waals surface area (Å²) < 4.78 is 0. The van der Waals surface area contributed by atoms with E-state index in [1.54, 1.807) is 0 Å². The fraction of sp³-hybridized carbons (Fsp3) is 0.400. The average molecular weight is 1200 g/mol. The van der Waals surface area contributed by atoms with Crippen LogP contribution in [0.15, 0.2) is 114 Å². The number of aromatic nitrogens is 6. The summed E-state index contributed by atoms with van der Waals surface area (Å²) in [5, 5.41) is 16.4. The number of benzene rings is 2. The van der Waals surface area contributed by atoms with Gasteiger partial charge in [-0.25, -0.2) is 12.2 Å². The van der Waals surface area contributed by atoms with Crippen molar-refractivity contribution in [1.29, 1.82) is 0 Å². The van der Waals surface area contributed by atoms with E-state index in [-0.39, 0.29) is 63.8 Å². The van der Waals surface area contributed by atoms with E-state index in [0.717, 1.165) is 41.8 Å². The SMILES string of the molecule is CC(C)(C)c1n[n-]c(C(C)(C)C)n1.CC(C)(C)c1n[n-]c(C(C)(C)C)n1.CN1[CH-]N(C2=CC=CC=[C-]C2)C2=C1C=CCC=C2.CN1[CH-]N(c2[c-]cccc2)c2ccccc21.[Pt].[Pt]. The Kier molecular flexibility index (Phi) is 18.4. The number of hydrogen-bond donors (Lipinski definition) is 0. The summed E-state index contributed by atoms with van der Waals surface area (Å²) in [5.74, 6) is 3.32. The van der Waals surface area contributed by atoms with E-state index in [1.807, 2.05) is 30.4 Å². The van der Waals surface area contributed by atoms with Gasteiger partial charge in [0.2, 0.25) is 0 Å². The summed E-state index contributed by atoms with van der Waals surface area (Å²) >= 11 is 0. The van der Waals surface area contributed by atoms with Gasteiger partial charge in [0.1, 0.15) is 0 Å². The van der Waals surface area contributed by atoms with Crippen LogP contribution in [0.4, 0.5) is 17.1 Å². The second kappa shape index (κ2) is 21.9. The fourth-order valence-electron chi connectivity index (χ4n) is 6.05. The molecule has 62 heavy (non-hydrogen) atoms. The van der Waals surface area contributed by atoms with E-state index in [1.165, 1.54) is 28.5 Å². The number of fused-ring (bicyclic) bond motifs is 1. The quantitative estimate of drug-likeness (QED) is 0.181. The summed E-state index contributed by atoms with van der Waals surface area (Å²) in [4.78, 5) is 17.5. The molecule has 12 heteroatoms. The molecule has 0 bridgehead atoms. The zero-order valence-corrected chi connectivity index (χ0v) is 43.5. The molecule has 0 N–H and O–H groups in total. The minimum absolute atomic E-state index is 0. The van der Waals surface area contributed by atoms with E-state index < -0.39 is 0 Å². The fourth-order valence-corrected chi connectivity index (χ4v) is 6.05. The first kappa shape index (κ1) is 52.1. The van der Waals surface area contributed by atoms with E-state index in [2.05, 4.69) is 239 Å². The Hall–Kier alpha value is -4.26. The third-order valence-corrected chi connectivity index (χ3v) is 9.57. The molecule has 0 amide bonds. The van der Waals surface area contributed by atoms with Crippen LogP contribution >= 0.6 is 0 Å². The minimum atomic E-state index is -0.00347. The Morgan fingerprint density at radius 1 is 0.613 bits per heavy atom. The summed E-state index contributed by atoms with van der Waals surface area (Å²) in [6.45, 7) is 29.3. The normalized spacial score (nSPS) is 15.7. The van der Waals surface area contributed by atoms with Gasteiger partial charge >= 0.3 is 0 Å². The molecule has 0 spiro atoms. The van der Waals surface area contributed by atoms with Crippen molar-refractivity contribution < 1.29 is 42.1 Å². The van der Waals surface area contributed by atoms with Crippen LogP contribution in [0.5, 0.6) is 0 Å². The van der Waals surface area contributed by atoms with E-state index in [9.17, 15) is 0 Å². The van der Waals surface area contributed by atoms with Crippen LogP contribution in [-0.4, -0.2) is 44.1 Å². The molecule has 0 saturated carbocycles. The molecule has 340 valence electrons. The first-order chi connectivity index (χ1) is 28.1. The summed E-state index contributed by atoms with van der Waals surface area (Å²) in [7, 11) is 4.15. The Bertz CT molecular complexity index is 2100. The predicted octanol–water partition coefficient (Wildman–Crippen LogP) is 10.5. The summed E-state index contributed by atoms with van der Waals surface area (Å²) in [5.41, 5.74) is 7.22. The van der Waals surface area contributed by atoms with Gasteiger partial charge in [-0.05, 0) is 61.3 Å². The molecule has 2 aromatic carbocycles. The molecule has 4 aliphatic rings. The van der Waals surface area contributed by atoms with E-state index >= 15 is 0 Å². The molecule has 4 heterocycles. The summed E-state index contributed by atoms with van der Waals surface area (Å²) in [6.07, 6.45) is 22.1. The number of allylic oxidation sites excluding steroid dienone is 9. The first-order valence-electron chi connectivity index (χ1n) is 20.7. The maximum Gasteiger partial charge on any atom is 0.0335 e. The van der Waals surface area contributed by atoms with Gasteiger partial charge in [0.25, 0.3) is 0 Å². The van der Waals surface area contributed by atoms with Crippen LogP contribution < -0.4 is 20.0 Å². The number of nitrogens with zero attached hydrogens (tertiary/aromatic N) is 10. The van der Waals surface area contributed by atoms with Gasteiger partial charge in [-0.1, -0.05) is 132 Å². The van der Waals surface area contributed by atoms with Crippen LogP contribution in [0.2, 0.25) is 0 Å². The molecular weight excluding hydrogens is 1130 g/mol. The summed E-state index contributed by atoms with van der Waals surface area (Å²) in [6, 6.07) is 19.6. The van der Waals surface area contributed by atoms with Gasteiger partial charge < -0.3 is 39.8 Å². The van der Waals surface area contributed by atoms with Crippen molar-refractivity contribution >= 4 is 17.1 Å². The molecular formula is C50H64N10Pt2-6. The molecule has 2 aliphatic carbocycles. The number of para-hydroxylation sites is 3. The van der Waals surface area contributed by atoms with Crippen molar-refractivity contribution in [2.75, 3.05) is 23.9 Å². The zero-order chi connectivity index (χ0) is 43.9. The third kappa shape index (κ3) is 13.9. The maximum absolute atomic E-state index is 4.43. The van der Waals surface area contributed by atoms with Crippen molar-refractivity contribution in [2.24, 2.45) is 0 Å². The van der Waals surface area contributed by atoms with Crippen LogP contribution in [0.1, 0.15) is 119 Å². The molecule has 2 aromatic heterocycles. The molecule has 8 rings (SSSR count). The third-order valence-electron chi connectivity index (χ3n) is 9.57. The smallest absolute Gasteiger partial charge is 0.0335 e. The number of hydrogen-bond acceptors (Lipinski definition) is 8. The second-order valence-corrected chi connectivity index (χ2v) is 19.2. The molecule has 4 aromatic rings. The van der Waals surface area contributed by atoms with Crippen molar-refractivity contribution in [2.45, 2.75) is 118 Å². The van der Waals surface area contributed by atoms with Gasteiger partial charge in [0.15, 0.2) is 0 Å². The number of likely N-dealkylation sites (N-methyl/N-ethyl adjacent to an activating group) is 1. The average Bonchev–Trinajstić information content (AvgIpc) is 3.94. The molecule has 10 nitrogen and oxygen atoms in total. The predicted molar refractivity (Wildman–Crippen MR) is 246 cm³/mol. The van der Waals surface area contributed by atoms with Crippen LogP contribution in [-0.2, 0) is 63.8 Å². The Morgan fingerprint density at radius 3 is 1.65 bits per heavy atom. The molecule has 0 saturated heterocycles. The minimum Gasteiger partial charge on any atom is -0.504 e. The monoisotopic (exact) mass is 1190 g/mol. The van der Waals surface area contributed by atoms with Gasteiger partial charge in [-0.2, -0.15) is 43.7 Å². The van der Waals surface area contributed by atoms with E-state index in [4.69, 9.17) is 0 Å². The van der Waals surface area contributed by atoms with Crippen LogP contribution in [0, 0.1) is 25.5 Å². The van der Waals surface area contributed by atoms with Crippen LogP contribution in [0.25, 0.3) is 0 Å². The number of rotatable bonds is 2.